The van der Waals surface area contributed by atoms with Gasteiger partial charge in [-0.3, -0.25) is 4.79 Å². The van der Waals surface area contributed by atoms with Gasteiger partial charge < -0.3 is 9.84 Å². The van der Waals surface area contributed by atoms with Gasteiger partial charge in [-0.05, 0) is 40.5 Å². The lowest BCUT2D eigenvalue weighted by Crippen LogP contribution is -2.25. The smallest absolute Gasteiger partial charge is 0.338 e. The van der Waals surface area contributed by atoms with E-state index >= 15 is 0 Å². The maximum absolute atomic E-state index is 12.3. The van der Waals surface area contributed by atoms with Crippen molar-refractivity contribution in [1.29, 1.82) is 10.5 Å². The lowest BCUT2D eigenvalue weighted by molar-refractivity contribution is -0.124. The quantitative estimate of drug-likeness (QED) is 0.420. The van der Waals surface area contributed by atoms with Crippen molar-refractivity contribution in [2.24, 2.45) is 0 Å². The van der Waals surface area contributed by atoms with Crippen LogP contribution in [0, 0.1) is 22.7 Å². The van der Waals surface area contributed by atoms with Gasteiger partial charge in [-0.1, -0.05) is 36.9 Å². The SMILES string of the molecule is C=CC(=O)C(O)COC(=O)c1ccc2c(c1)C(=C(C#N)C#N)c1ccccc1-2. The predicted octanol–water partition coefficient (Wildman–Crippen LogP) is 2.79. The average Bonchev–Trinajstić information content (AvgIpc) is 3.06. The van der Waals surface area contributed by atoms with Crippen LogP contribution in [0.5, 0.6) is 0 Å². The first kappa shape index (κ1) is 18.8. The summed E-state index contributed by atoms with van der Waals surface area (Å²) in [6, 6.07) is 16.0. The van der Waals surface area contributed by atoms with Crippen molar-refractivity contribution in [2.45, 2.75) is 6.10 Å². The van der Waals surface area contributed by atoms with Crippen LogP contribution >= 0.6 is 0 Å². The maximum Gasteiger partial charge on any atom is 0.338 e. The van der Waals surface area contributed by atoms with E-state index in [9.17, 15) is 25.2 Å². The lowest BCUT2D eigenvalue weighted by Gasteiger charge is -2.10. The Labute approximate surface area is 161 Å². The highest BCUT2D eigenvalue weighted by atomic mass is 16.5. The molecule has 0 heterocycles. The number of benzene rings is 2. The van der Waals surface area contributed by atoms with Gasteiger partial charge in [0.1, 0.15) is 24.3 Å². The molecule has 2 aromatic rings. The second kappa shape index (κ2) is 7.71. The maximum atomic E-state index is 12.3. The van der Waals surface area contributed by atoms with Crippen molar-refractivity contribution in [2.75, 3.05) is 6.61 Å². The number of rotatable bonds is 5. The number of hydrogen-bond donors (Lipinski definition) is 1. The highest BCUT2D eigenvalue weighted by molar-refractivity contribution is 6.05. The monoisotopic (exact) mass is 370 g/mol. The molecule has 0 radical (unpaired) electrons. The molecule has 2 aromatic carbocycles. The van der Waals surface area contributed by atoms with E-state index in [2.05, 4.69) is 6.58 Å². The van der Waals surface area contributed by atoms with E-state index in [1.54, 1.807) is 18.2 Å². The second-order valence-electron chi connectivity index (χ2n) is 6.00. The van der Waals surface area contributed by atoms with Gasteiger partial charge in [-0.15, -0.1) is 0 Å². The number of ether oxygens (including phenoxy) is 1. The van der Waals surface area contributed by atoms with Gasteiger partial charge in [0.05, 0.1) is 5.56 Å². The zero-order valence-corrected chi connectivity index (χ0v) is 14.7. The Balaban J connectivity index is 1.99. The third-order valence-corrected chi connectivity index (χ3v) is 4.39. The van der Waals surface area contributed by atoms with E-state index in [1.165, 1.54) is 0 Å². The van der Waals surface area contributed by atoms with Crippen LogP contribution in [0.3, 0.4) is 0 Å². The summed E-state index contributed by atoms with van der Waals surface area (Å²) >= 11 is 0. The van der Waals surface area contributed by atoms with Crippen molar-refractivity contribution in [1.82, 2.24) is 0 Å². The fourth-order valence-electron chi connectivity index (χ4n) is 3.06. The predicted molar refractivity (Wildman–Crippen MR) is 101 cm³/mol. The number of aliphatic hydroxyl groups is 1. The van der Waals surface area contributed by atoms with Crippen molar-refractivity contribution in [3.05, 3.63) is 77.4 Å². The Morgan fingerprint density at radius 3 is 2.36 bits per heavy atom. The van der Waals surface area contributed by atoms with Crippen LogP contribution in [0.4, 0.5) is 0 Å². The Morgan fingerprint density at radius 2 is 1.71 bits per heavy atom. The molecule has 1 unspecified atom stereocenters. The molecule has 6 heteroatoms. The fourth-order valence-corrected chi connectivity index (χ4v) is 3.06. The normalized spacial score (nSPS) is 12.0. The van der Waals surface area contributed by atoms with E-state index in [0.29, 0.717) is 11.1 Å². The Kier molecular flexibility index (Phi) is 5.17. The minimum atomic E-state index is -1.47. The van der Waals surface area contributed by atoms with Crippen LogP contribution in [0.15, 0.2) is 60.7 Å². The van der Waals surface area contributed by atoms with Crippen molar-refractivity contribution < 1.29 is 19.4 Å². The first-order chi connectivity index (χ1) is 13.5. The number of fused-ring (bicyclic) bond motifs is 3. The average molecular weight is 370 g/mol. The first-order valence-corrected chi connectivity index (χ1v) is 8.32. The molecule has 1 aliphatic rings. The van der Waals surface area contributed by atoms with Crippen LogP contribution in [0.2, 0.25) is 0 Å². The van der Waals surface area contributed by atoms with Crippen LogP contribution in [-0.2, 0) is 9.53 Å². The van der Waals surface area contributed by atoms with E-state index in [-0.39, 0.29) is 11.1 Å². The van der Waals surface area contributed by atoms with Crippen molar-refractivity contribution >= 4 is 17.3 Å². The fraction of sp³-hybridized carbons (Fsp3) is 0.0909. The summed E-state index contributed by atoms with van der Waals surface area (Å²) in [6.07, 6.45) is -0.521. The third kappa shape index (κ3) is 3.21. The number of hydrogen-bond acceptors (Lipinski definition) is 6. The third-order valence-electron chi connectivity index (χ3n) is 4.39. The molecule has 0 saturated heterocycles. The van der Waals surface area contributed by atoms with Crippen LogP contribution < -0.4 is 0 Å². The van der Waals surface area contributed by atoms with E-state index in [0.717, 1.165) is 22.8 Å². The summed E-state index contributed by atoms with van der Waals surface area (Å²) in [4.78, 5) is 23.6. The summed E-state index contributed by atoms with van der Waals surface area (Å²) < 4.78 is 4.99. The number of ketones is 1. The Bertz CT molecular complexity index is 1100. The van der Waals surface area contributed by atoms with Gasteiger partial charge in [0.2, 0.25) is 0 Å². The molecule has 0 amide bonds. The summed E-state index contributed by atoms with van der Waals surface area (Å²) in [6.45, 7) is 2.76. The molecule has 1 N–H and O–H groups in total. The van der Waals surface area contributed by atoms with Crippen LogP contribution in [0.1, 0.15) is 21.5 Å². The molecule has 136 valence electrons. The van der Waals surface area contributed by atoms with E-state index < -0.39 is 24.5 Å². The van der Waals surface area contributed by atoms with Crippen LogP contribution in [0.25, 0.3) is 16.7 Å². The van der Waals surface area contributed by atoms with E-state index in [1.807, 2.05) is 36.4 Å². The van der Waals surface area contributed by atoms with E-state index in [4.69, 9.17) is 4.74 Å². The minimum Gasteiger partial charge on any atom is -0.459 e. The molecule has 0 fully saturated rings. The highest BCUT2D eigenvalue weighted by Gasteiger charge is 2.27. The van der Waals surface area contributed by atoms with Gasteiger partial charge >= 0.3 is 5.97 Å². The molecular weight excluding hydrogens is 356 g/mol. The Hall–Kier alpha value is -4.00. The molecule has 1 atom stereocenters. The Morgan fingerprint density at radius 1 is 1.07 bits per heavy atom. The zero-order chi connectivity index (χ0) is 20.3. The molecular formula is C22H14N2O4. The minimum absolute atomic E-state index is 0.0521. The molecule has 0 bridgehead atoms. The van der Waals surface area contributed by atoms with Crippen molar-refractivity contribution in [3.63, 3.8) is 0 Å². The number of nitrogens with zero attached hydrogens (tertiary/aromatic N) is 2. The standard InChI is InChI=1S/C22H14N2O4/c1-2-19(25)20(26)12-28-22(27)13-7-8-16-15-5-3-4-6-17(15)21(18(16)9-13)14(10-23)11-24/h2-9,20,26H,1,12H2. The lowest BCUT2D eigenvalue weighted by atomic mass is 9.98. The highest BCUT2D eigenvalue weighted by Crippen LogP contribution is 2.45. The topological polar surface area (TPSA) is 111 Å². The van der Waals surface area contributed by atoms with Gasteiger partial charge in [-0.2, -0.15) is 10.5 Å². The summed E-state index contributed by atoms with van der Waals surface area (Å²) in [5.74, 6) is -1.38. The van der Waals surface area contributed by atoms with Gasteiger partial charge in [0.25, 0.3) is 0 Å². The number of aliphatic hydroxyl groups excluding tert-OH is 1. The molecule has 28 heavy (non-hydrogen) atoms. The zero-order valence-electron chi connectivity index (χ0n) is 14.7. The summed E-state index contributed by atoms with van der Waals surface area (Å²) in [5, 5.41) is 28.3. The number of esters is 1. The second-order valence-corrected chi connectivity index (χ2v) is 6.00. The van der Waals surface area contributed by atoms with Crippen molar-refractivity contribution in [3.8, 4) is 23.3 Å². The van der Waals surface area contributed by atoms with Crippen LogP contribution in [-0.4, -0.2) is 29.6 Å². The van der Waals surface area contributed by atoms with Gasteiger partial charge in [0.15, 0.2) is 11.9 Å². The molecule has 0 spiro atoms. The summed E-state index contributed by atoms with van der Waals surface area (Å²) in [5.41, 5.74) is 3.58. The molecule has 3 rings (SSSR count). The largest absolute Gasteiger partial charge is 0.459 e. The molecule has 1 aliphatic carbocycles. The first-order valence-electron chi connectivity index (χ1n) is 8.32. The number of allylic oxidation sites excluding steroid dienone is 1. The number of nitriles is 2. The molecule has 0 aliphatic heterocycles. The van der Waals surface area contributed by atoms with Gasteiger partial charge in [0, 0.05) is 5.57 Å². The van der Waals surface area contributed by atoms with Gasteiger partial charge in [-0.25, -0.2) is 4.79 Å². The molecule has 0 saturated carbocycles. The number of carbonyl (C=O) groups is 2. The number of carbonyl (C=O) groups excluding carboxylic acids is 2. The molecule has 0 aromatic heterocycles. The molecule has 6 nitrogen and oxygen atoms in total. The summed E-state index contributed by atoms with van der Waals surface area (Å²) in [7, 11) is 0.